The van der Waals surface area contributed by atoms with Crippen LogP contribution in [0.3, 0.4) is 0 Å². The van der Waals surface area contributed by atoms with Crippen LogP contribution in [0, 0.1) is 5.41 Å². The number of rotatable bonds is 5. The molecule has 0 bridgehead atoms. The van der Waals surface area contributed by atoms with Crippen molar-refractivity contribution in [2.24, 2.45) is 5.41 Å². The second-order valence-corrected chi connectivity index (χ2v) is 8.77. The van der Waals surface area contributed by atoms with E-state index in [0.29, 0.717) is 36.5 Å². The zero-order valence-corrected chi connectivity index (χ0v) is 16.5. The number of amides is 3. The van der Waals surface area contributed by atoms with Crippen LogP contribution in [0.4, 0.5) is 0 Å². The molecule has 3 amide bonds. The highest BCUT2D eigenvalue weighted by atomic mass is 16.2. The van der Waals surface area contributed by atoms with E-state index in [-0.39, 0.29) is 24.1 Å². The predicted molar refractivity (Wildman–Crippen MR) is 104 cm³/mol. The van der Waals surface area contributed by atoms with Gasteiger partial charge < -0.3 is 15.5 Å². The summed E-state index contributed by atoms with van der Waals surface area (Å²) in [6, 6.07) is 5.85. The molecular weight excluding hydrogens is 356 g/mol. The molecule has 4 rings (SSSR count). The standard InChI is InChI=1S/C21H28N4O3/c1-21(2)7-8-23-17(21)11-22-10-13-3-4-14-12-25(20(28)15(14)9-13)16-5-6-18(26)24-19(16)27/h3-4,9,16-17,22-23H,5-8,10-12H2,1-2H3,(H,24,26,27). The Balaban J connectivity index is 1.39. The number of carbonyl (C=O) groups is 3. The number of piperidine rings is 1. The number of carbonyl (C=O) groups excluding carboxylic acids is 3. The molecule has 150 valence electrons. The molecule has 0 spiro atoms. The summed E-state index contributed by atoms with van der Waals surface area (Å²) < 4.78 is 0. The number of benzene rings is 1. The summed E-state index contributed by atoms with van der Waals surface area (Å²) in [5, 5.41) is 9.39. The average molecular weight is 384 g/mol. The Hall–Kier alpha value is -2.25. The molecule has 7 nitrogen and oxygen atoms in total. The molecule has 2 unspecified atom stereocenters. The first kappa shape index (κ1) is 19.1. The van der Waals surface area contributed by atoms with Gasteiger partial charge in [-0.3, -0.25) is 19.7 Å². The Morgan fingerprint density at radius 2 is 2.07 bits per heavy atom. The Kier molecular flexibility index (Phi) is 4.97. The van der Waals surface area contributed by atoms with Gasteiger partial charge in [-0.15, -0.1) is 0 Å². The van der Waals surface area contributed by atoms with Crippen molar-refractivity contribution in [2.45, 2.75) is 58.3 Å². The Morgan fingerprint density at radius 1 is 1.25 bits per heavy atom. The normalized spacial score (nSPS) is 26.5. The van der Waals surface area contributed by atoms with Gasteiger partial charge >= 0.3 is 0 Å². The van der Waals surface area contributed by atoms with Gasteiger partial charge in [-0.2, -0.15) is 0 Å². The lowest BCUT2D eigenvalue weighted by atomic mass is 9.85. The molecule has 3 aliphatic heterocycles. The third-order valence-corrected chi connectivity index (χ3v) is 6.37. The molecule has 0 aliphatic carbocycles. The largest absolute Gasteiger partial charge is 0.322 e. The Morgan fingerprint density at radius 3 is 2.79 bits per heavy atom. The summed E-state index contributed by atoms with van der Waals surface area (Å²) in [6.07, 6.45) is 1.85. The van der Waals surface area contributed by atoms with Gasteiger partial charge in [-0.25, -0.2) is 0 Å². The van der Waals surface area contributed by atoms with E-state index in [9.17, 15) is 14.4 Å². The molecule has 2 atom stereocenters. The van der Waals surface area contributed by atoms with Gasteiger partial charge in [0.15, 0.2) is 0 Å². The topological polar surface area (TPSA) is 90.5 Å². The van der Waals surface area contributed by atoms with Crippen LogP contribution >= 0.6 is 0 Å². The van der Waals surface area contributed by atoms with E-state index in [1.807, 2.05) is 18.2 Å². The molecule has 7 heteroatoms. The fourth-order valence-electron chi connectivity index (χ4n) is 4.44. The molecule has 28 heavy (non-hydrogen) atoms. The van der Waals surface area contributed by atoms with Crippen molar-refractivity contribution >= 4 is 17.7 Å². The first-order valence-electron chi connectivity index (χ1n) is 10.1. The highest BCUT2D eigenvalue weighted by molar-refractivity contribution is 6.05. The van der Waals surface area contributed by atoms with Gasteiger partial charge in [-0.1, -0.05) is 26.0 Å². The van der Waals surface area contributed by atoms with E-state index in [2.05, 4.69) is 29.8 Å². The first-order chi connectivity index (χ1) is 13.3. The quantitative estimate of drug-likeness (QED) is 0.657. The van der Waals surface area contributed by atoms with E-state index < -0.39 is 6.04 Å². The lowest BCUT2D eigenvalue weighted by molar-refractivity contribution is -0.136. The van der Waals surface area contributed by atoms with Crippen LogP contribution in [0.1, 0.15) is 54.6 Å². The van der Waals surface area contributed by atoms with E-state index in [0.717, 1.165) is 24.2 Å². The maximum absolute atomic E-state index is 12.9. The number of imide groups is 1. The molecule has 2 saturated heterocycles. The van der Waals surface area contributed by atoms with Crippen LogP contribution in [0.25, 0.3) is 0 Å². The van der Waals surface area contributed by atoms with Crippen LogP contribution in [0.2, 0.25) is 0 Å². The van der Waals surface area contributed by atoms with E-state index >= 15 is 0 Å². The van der Waals surface area contributed by atoms with Gasteiger partial charge in [0.25, 0.3) is 5.91 Å². The number of hydrogen-bond donors (Lipinski definition) is 3. The van der Waals surface area contributed by atoms with Crippen molar-refractivity contribution in [3.63, 3.8) is 0 Å². The maximum atomic E-state index is 12.9. The van der Waals surface area contributed by atoms with Gasteiger partial charge in [0.2, 0.25) is 11.8 Å². The van der Waals surface area contributed by atoms with Crippen molar-refractivity contribution in [2.75, 3.05) is 13.1 Å². The number of nitrogens with one attached hydrogen (secondary N) is 3. The second kappa shape index (κ2) is 7.29. The summed E-state index contributed by atoms with van der Waals surface area (Å²) in [7, 11) is 0. The summed E-state index contributed by atoms with van der Waals surface area (Å²) in [5.74, 6) is -0.755. The first-order valence-corrected chi connectivity index (χ1v) is 10.1. The van der Waals surface area contributed by atoms with Crippen LogP contribution in [-0.2, 0) is 22.7 Å². The van der Waals surface area contributed by atoms with Crippen molar-refractivity contribution < 1.29 is 14.4 Å². The average Bonchev–Trinajstić information content (AvgIpc) is 3.15. The molecule has 0 saturated carbocycles. The van der Waals surface area contributed by atoms with Gasteiger partial charge in [0, 0.05) is 37.7 Å². The third-order valence-electron chi connectivity index (χ3n) is 6.37. The van der Waals surface area contributed by atoms with E-state index in [4.69, 9.17) is 0 Å². The van der Waals surface area contributed by atoms with Gasteiger partial charge in [-0.05, 0) is 42.0 Å². The SMILES string of the molecule is CC1(C)CCNC1CNCc1ccc2c(c1)C(=O)N(C1CCC(=O)NC1=O)C2. The Bertz CT molecular complexity index is 820. The Labute approximate surface area is 165 Å². The molecule has 3 aliphatic rings. The van der Waals surface area contributed by atoms with Crippen molar-refractivity contribution in [3.05, 3.63) is 34.9 Å². The lowest BCUT2D eigenvalue weighted by Crippen LogP contribution is -2.52. The second-order valence-electron chi connectivity index (χ2n) is 8.77. The van der Waals surface area contributed by atoms with Crippen molar-refractivity contribution in [1.29, 1.82) is 0 Å². The molecule has 3 heterocycles. The molecule has 1 aromatic rings. The van der Waals surface area contributed by atoms with Crippen LogP contribution in [0.15, 0.2) is 18.2 Å². The molecule has 1 aromatic carbocycles. The summed E-state index contributed by atoms with van der Waals surface area (Å²) in [5.41, 5.74) is 2.97. The fraction of sp³-hybridized carbons (Fsp3) is 0.571. The smallest absolute Gasteiger partial charge is 0.255 e. The number of nitrogens with zero attached hydrogens (tertiary/aromatic N) is 1. The third kappa shape index (κ3) is 3.56. The summed E-state index contributed by atoms with van der Waals surface area (Å²) >= 11 is 0. The molecular formula is C21H28N4O3. The van der Waals surface area contributed by atoms with Crippen LogP contribution in [-0.4, -0.2) is 47.8 Å². The van der Waals surface area contributed by atoms with Gasteiger partial charge in [0.1, 0.15) is 6.04 Å². The minimum Gasteiger partial charge on any atom is -0.322 e. The van der Waals surface area contributed by atoms with Crippen LogP contribution in [0.5, 0.6) is 0 Å². The van der Waals surface area contributed by atoms with Crippen molar-refractivity contribution in [3.8, 4) is 0 Å². The van der Waals surface area contributed by atoms with E-state index in [1.165, 1.54) is 6.42 Å². The molecule has 3 N–H and O–H groups in total. The van der Waals surface area contributed by atoms with Crippen molar-refractivity contribution in [1.82, 2.24) is 20.9 Å². The van der Waals surface area contributed by atoms with Crippen LogP contribution < -0.4 is 16.0 Å². The summed E-state index contributed by atoms with van der Waals surface area (Å²) in [6.45, 7) is 7.65. The molecule has 0 aromatic heterocycles. The zero-order chi connectivity index (χ0) is 19.9. The highest BCUT2D eigenvalue weighted by Crippen LogP contribution is 2.30. The summed E-state index contributed by atoms with van der Waals surface area (Å²) in [4.78, 5) is 38.0. The number of fused-ring (bicyclic) bond motifs is 1. The molecule has 2 fully saturated rings. The fourth-order valence-corrected chi connectivity index (χ4v) is 4.44. The minimum absolute atomic E-state index is 0.120. The monoisotopic (exact) mass is 384 g/mol. The lowest BCUT2D eigenvalue weighted by Gasteiger charge is -2.29. The maximum Gasteiger partial charge on any atom is 0.255 e. The predicted octanol–water partition coefficient (Wildman–Crippen LogP) is 0.925. The highest BCUT2D eigenvalue weighted by Gasteiger charge is 2.39. The van der Waals surface area contributed by atoms with E-state index in [1.54, 1.807) is 4.90 Å². The zero-order valence-electron chi connectivity index (χ0n) is 16.5. The molecule has 0 radical (unpaired) electrons. The van der Waals surface area contributed by atoms with Gasteiger partial charge in [0.05, 0.1) is 0 Å². The number of hydrogen-bond acceptors (Lipinski definition) is 5. The minimum atomic E-state index is -0.560.